The van der Waals surface area contributed by atoms with Crippen LogP contribution in [0, 0.1) is 0 Å². The maximum atomic E-state index is 11.6. The Bertz CT molecular complexity index is 294. The van der Waals surface area contributed by atoms with Gasteiger partial charge >= 0.3 is 12.3 Å². The number of ether oxygens (including phenoxy) is 3. The molecule has 0 aromatic carbocycles. The van der Waals surface area contributed by atoms with E-state index in [4.69, 9.17) is 9.47 Å². The molecule has 2 aliphatic carbocycles. The average molecular weight is 298 g/mol. The summed E-state index contributed by atoms with van der Waals surface area (Å²) in [4.78, 5) is 23.2. The average Bonchev–Trinajstić information content (AvgIpc) is 2.83. The molecule has 2 aliphatic rings. The Morgan fingerprint density at radius 1 is 0.571 bits per heavy atom. The molecule has 120 valence electrons. The quantitative estimate of drug-likeness (QED) is 0.419. The van der Waals surface area contributed by atoms with E-state index < -0.39 is 12.3 Å². The number of hydrogen-bond acceptors (Lipinski definition) is 5. The minimum atomic E-state index is -0.916. The van der Waals surface area contributed by atoms with E-state index in [1.54, 1.807) is 0 Å². The molecule has 0 spiro atoms. The topological polar surface area (TPSA) is 61.8 Å². The molecule has 0 aliphatic heterocycles. The third kappa shape index (κ3) is 6.36. The van der Waals surface area contributed by atoms with E-state index in [1.165, 1.54) is 25.7 Å². The molecule has 2 fully saturated rings. The van der Waals surface area contributed by atoms with Crippen LogP contribution in [0.15, 0.2) is 0 Å². The highest BCUT2D eigenvalue weighted by Crippen LogP contribution is 2.22. The fourth-order valence-corrected chi connectivity index (χ4v) is 3.11. The normalized spacial score (nSPS) is 21.9. The Balaban J connectivity index is 1.67. The lowest BCUT2D eigenvalue weighted by molar-refractivity contribution is -0.00285. The van der Waals surface area contributed by atoms with Gasteiger partial charge in [0.1, 0.15) is 12.2 Å². The summed E-state index contributed by atoms with van der Waals surface area (Å²) in [5.74, 6) is 0. The van der Waals surface area contributed by atoms with Crippen LogP contribution in [0.2, 0.25) is 0 Å². The summed E-state index contributed by atoms with van der Waals surface area (Å²) in [7, 11) is 0. The van der Waals surface area contributed by atoms with Gasteiger partial charge < -0.3 is 14.2 Å². The molecule has 21 heavy (non-hydrogen) atoms. The molecule has 0 atom stereocenters. The zero-order valence-corrected chi connectivity index (χ0v) is 12.7. The van der Waals surface area contributed by atoms with E-state index in [0.717, 1.165) is 51.4 Å². The summed E-state index contributed by atoms with van der Waals surface area (Å²) < 4.78 is 15.0. The van der Waals surface area contributed by atoms with Gasteiger partial charge in [-0.15, -0.1) is 0 Å². The SMILES string of the molecule is O=C(OC(=O)OC1CCCCCC1)OC1CCCCCC1. The van der Waals surface area contributed by atoms with Crippen LogP contribution in [0.5, 0.6) is 0 Å². The molecule has 0 unspecified atom stereocenters. The first-order chi connectivity index (χ1) is 10.2. The van der Waals surface area contributed by atoms with Gasteiger partial charge in [0.15, 0.2) is 0 Å². The molecule has 5 nitrogen and oxygen atoms in total. The van der Waals surface area contributed by atoms with Gasteiger partial charge in [-0.1, -0.05) is 25.7 Å². The van der Waals surface area contributed by atoms with Gasteiger partial charge in [0.05, 0.1) is 0 Å². The number of carbonyl (C=O) groups is 2. The molecular formula is C16H26O5. The summed E-state index contributed by atoms with van der Waals surface area (Å²) in [6, 6.07) is 0. The van der Waals surface area contributed by atoms with Crippen molar-refractivity contribution in [3.05, 3.63) is 0 Å². The van der Waals surface area contributed by atoms with Crippen molar-refractivity contribution in [2.24, 2.45) is 0 Å². The van der Waals surface area contributed by atoms with Crippen molar-refractivity contribution in [2.75, 3.05) is 0 Å². The highest BCUT2D eigenvalue weighted by molar-refractivity contribution is 5.77. The Hall–Kier alpha value is -1.26. The monoisotopic (exact) mass is 298 g/mol. The van der Waals surface area contributed by atoms with Gasteiger partial charge in [0.25, 0.3) is 0 Å². The van der Waals surface area contributed by atoms with Crippen LogP contribution in [-0.2, 0) is 14.2 Å². The van der Waals surface area contributed by atoms with Crippen molar-refractivity contribution in [1.29, 1.82) is 0 Å². The Kier molecular flexibility index (Phi) is 6.83. The molecule has 0 saturated heterocycles. The van der Waals surface area contributed by atoms with Gasteiger partial charge in [-0.3, -0.25) is 0 Å². The minimum Gasteiger partial charge on any atom is -0.431 e. The van der Waals surface area contributed by atoms with Crippen molar-refractivity contribution in [1.82, 2.24) is 0 Å². The molecule has 5 heteroatoms. The first-order valence-electron chi connectivity index (χ1n) is 8.33. The summed E-state index contributed by atoms with van der Waals surface area (Å²) in [5.41, 5.74) is 0. The van der Waals surface area contributed by atoms with Crippen molar-refractivity contribution >= 4 is 12.3 Å². The Morgan fingerprint density at radius 3 is 1.24 bits per heavy atom. The molecule has 2 rings (SSSR count). The van der Waals surface area contributed by atoms with Gasteiger partial charge in [0.2, 0.25) is 0 Å². The van der Waals surface area contributed by atoms with Crippen LogP contribution in [0.25, 0.3) is 0 Å². The molecule has 0 aromatic rings. The van der Waals surface area contributed by atoms with Gasteiger partial charge in [0, 0.05) is 0 Å². The fraction of sp³-hybridized carbons (Fsp3) is 0.875. The highest BCUT2D eigenvalue weighted by Gasteiger charge is 2.23. The Morgan fingerprint density at radius 2 is 0.905 bits per heavy atom. The van der Waals surface area contributed by atoms with Crippen LogP contribution >= 0.6 is 0 Å². The van der Waals surface area contributed by atoms with Crippen LogP contribution in [-0.4, -0.2) is 24.5 Å². The Labute approximate surface area is 126 Å². The third-order valence-corrected chi connectivity index (χ3v) is 4.30. The smallest absolute Gasteiger partial charge is 0.431 e. The second-order valence-electron chi connectivity index (χ2n) is 6.06. The first-order valence-corrected chi connectivity index (χ1v) is 8.33. The minimum absolute atomic E-state index is 0.120. The molecular weight excluding hydrogens is 272 g/mol. The van der Waals surface area contributed by atoms with E-state index in [1.807, 2.05) is 0 Å². The van der Waals surface area contributed by atoms with Crippen LogP contribution < -0.4 is 0 Å². The number of hydrogen-bond donors (Lipinski definition) is 0. The van der Waals surface area contributed by atoms with E-state index in [9.17, 15) is 9.59 Å². The molecule has 0 amide bonds. The van der Waals surface area contributed by atoms with Crippen molar-refractivity contribution in [3.63, 3.8) is 0 Å². The van der Waals surface area contributed by atoms with Gasteiger partial charge in [-0.2, -0.15) is 0 Å². The summed E-state index contributed by atoms with van der Waals surface area (Å²) in [6.45, 7) is 0. The van der Waals surface area contributed by atoms with Gasteiger partial charge in [-0.25, -0.2) is 9.59 Å². The second kappa shape index (κ2) is 8.90. The van der Waals surface area contributed by atoms with Crippen molar-refractivity contribution in [2.45, 2.75) is 89.3 Å². The zero-order chi connectivity index (χ0) is 14.9. The van der Waals surface area contributed by atoms with Crippen molar-refractivity contribution < 1.29 is 23.8 Å². The predicted molar refractivity (Wildman–Crippen MR) is 77.0 cm³/mol. The van der Waals surface area contributed by atoms with Crippen LogP contribution in [0.4, 0.5) is 9.59 Å². The number of rotatable bonds is 2. The largest absolute Gasteiger partial charge is 0.518 e. The summed E-state index contributed by atoms with van der Waals surface area (Å²) in [6.07, 6.45) is 10.3. The van der Waals surface area contributed by atoms with Gasteiger partial charge in [-0.05, 0) is 51.4 Å². The third-order valence-electron chi connectivity index (χ3n) is 4.30. The molecule has 2 saturated carbocycles. The molecule has 0 radical (unpaired) electrons. The molecule has 0 bridgehead atoms. The second-order valence-corrected chi connectivity index (χ2v) is 6.06. The summed E-state index contributed by atoms with van der Waals surface area (Å²) >= 11 is 0. The zero-order valence-electron chi connectivity index (χ0n) is 12.7. The summed E-state index contributed by atoms with van der Waals surface area (Å²) in [5, 5.41) is 0. The predicted octanol–water partition coefficient (Wildman–Crippen LogP) is 4.72. The first kappa shape index (κ1) is 16.1. The number of carbonyl (C=O) groups excluding carboxylic acids is 2. The van der Waals surface area contributed by atoms with E-state index in [0.29, 0.717) is 0 Å². The molecule has 0 heterocycles. The van der Waals surface area contributed by atoms with E-state index >= 15 is 0 Å². The molecule has 0 aromatic heterocycles. The lowest BCUT2D eigenvalue weighted by Gasteiger charge is -2.16. The standard InChI is InChI=1S/C16H26O5/c17-15(19-13-9-5-1-2-6-10-13)21-16(18)20-14-11-7-3-4-8-12-14/h13-14H,1-12H2. The van der Waals surface area contributed by atoms with Crippen LogP contribution in [0.1, 0.15) is 77.0 Å². The highest BCUT2D eigenvalue weighted by atomic mass is 16.8. The molecule has 0 N–H and O–H groups in total. The van der Waals surface area contributed by atoms with Crippen LogP contribution in [0.3, 0.4) is 0 Å². The van der Waals surface area contributed by atoms with Crippen molar-refractivity contribution in [3.8, 4) is 0 Å². The lowest BCUT2D eigenvalue weighted by Crippen LogP contribution is -2.24. The lowest BCUT2D eigenvalue weighted by atomic mass is 10.2. The fourth-order valence-electron chi connectivity index (χ4n) is 3.11. The maximum Gasteiger partial charge on any atom is 0.518 e. The van der Waals surface area contributed by atoms with E-state index in [-0.39, 0.29) is 12.2 Å². The maximum absolute atomic E-state index is 11.6. The van der Waals surface area contributed by atoms with E-state index in [2.05, 4.69) is 4.74 Å².